The molecule has 2 amide bonds. The Balaban J connectivity index is 1.56. The van der Waals surface area contributed by atoms with Crippen molar-refractivity contribution in [3.05, 3.63) is 44.8 Å². The third-order valence-corrected chi connectivity index (χ3v) is 6.79. The Bertz CT molecular complexity index is 910. The highest BCUT2D eigenvalue weighted by Gasteiger charge is 2.28. The summed E-state index contributed by atoms with van der Waals surface area (Å²) in [6.45, 7) is 4.55. The van der Waals surface area contributed by atoms with Crippen LogP contribution in [0.5, 0.6) is 5.75 Å². The van der Waals surface area contributed by atoms with Crippen LogP contribution in [0.25, 0.3) is 0 Å². The number of amides is 2. The number of nitrogens with two attached hydrogens (primary N) is 1. The average molecular weight is 435 g/mol. The molecule has 0 radical (unpaired) electrons. The van der Waals surface area contributed by atoms with Gasteiger partial charge in [-0.1, -0.05) is 24.9 Å². The molecule has 1 aromatic heterocycles. The van der Waals surface area contributed by atoms with Crippen LogP contribution in [0.15, 0.2) is 18.2 Å². The first-order valence-corrected chi connectivity index (χ1v) is 11.2. The summed E-state index contributed by atoms with van der Waals surface area (Å²) in [7, 11) is 0. The highest BCUT2D eigenvalue weighted by molar-refractivity contribution is 7.17. The van der Waals surface area contributed by atoms with Gasteiger partial charge in [0.25, 0.3) is 5.91 Å². The highest BCUT2D eigenvalue weighted by Crippen LogP contribution is 2.40. The van der Waals surface area contributed by atoms with E-state index in [2.05, 4.69) is 12.2 Å². The van der Waals surface area contributed by atoms with Gasteiger partial charge in [0, 0.05) is 16.3 Å². The number of carbonyl (C=O) groups is 2. The van der Waals surface area contributed by atoms with Gasteiger partial charge in [-0.25, -0.2) is 0 Å². The van der Waals surface area contributed by atoms with E-state index in [4.69, 9.17) is 22.1 Å². The molecule has 0 saturated carbocycles. The standard InChI is InChI=1S/C22H27ClN2O3S/c1-3-14-6-8-16-18(12-14)29-22(20(16)21(24)27)25-19(26)5-4-10-28-17-9-7-15(23)11-13(17)2/h7,9,11,14H,3-6,8,10,12H2,1-2H3,(H2,24,27)(H,25,26)/t14-/m0/s1. The predicted octanol–water partition coefficient (Wildman–Crippen LogP) is 5.12. The van der Waals surface area contributed by atoms with Crippen LogP contribution in [0.2, 0.25) is 5.02 Å². The highest BCUT2D eigenvalue weighted by atomic mass is 35.5. The number of nitrogens with one attached hydrogen (secondary N) is 1. The molecule has 1 aliphatic carbocycles. The third kappa shape index (κ3) is 5.31. The van der Waals surface area contributed by atoms with E-state index in [1.165, 1.54) is 16.2 Å². The molecule has 0 fully saturated rings. The zero-order chi connectivity index (χ0) is 21.0. The summed E-state index contributed by atoms with van der Waals surface area (Å²) in [5.41, 5.74) is 8.12. The van der Waals surface area contributed by atoms with Crippen molar-refractivity contribution in [2.75, 3.05) is 11.9 Å². The summed E-state index contributed by atoms with van der Waals surface area (Å²) < 4.78 is 5.73. The number of thiophene rings is 1. The summed E-state index contributed by atoms with van der Waals surface area (Å²) in [5.74, 6) is 0.810. The quantitative estimate of drug-likeness (QED) is 0.565. The van der Waals surface area contributed by atoms with E-state index in [0.717, 1.165) is 42.6 Å². The predicted molar refractivity (Wildman–Crippen MR) is 118 cm³/mol. The molecule has 2 aromatic rings. The van der Waals surface area contributed by atoms with Gasteiger partial charge >= 0.3 is 0 Å². The minimum atomic E-state index is -0.464. The van der Waals surface area contributed by atoms with E-state index in [0.29, 0.717) is 41.0 Å². The van der Waals surface area contributed by atoms with E-state index in [-0.39, 0.29) is 5.91 Å². The monoisotopic (exact) mass is 434 g/mol. The van der Waals surface area contributed by atoms with Crippen LogP contribution in [-0.4, -0.2) is 18.4 Å². The van der Waals surface area contributed by atoms with Crippen molar-refractivity contribution in [2.45, 2.75) is 52.4 Å². The number of rotatable bonds is 8. The lowest BCUT2D eigenvalue weighted by atomic mass is 9.85. The van der Waals surface area contributed by atoms with Crippen molar-refractivity contribution >= 4 is 39.8 Å². The molecule has 1 heterocycles. The first-order valence-electron chi connectivity index (χ1n) is 10.0. The molecule has 0 bridgehead atoms. The van der Waals surface area contributed by atoms with Gasteiger partial charge in [-0.3, -0.25) is 9.59 Å². The zero-order valence-corrected chi connectivity index (χ0v) is 18.4. The van der Waals surface area contributed by atoms with E-state index in [1.54, 1.807) is 6.07 Å². The van der Waals surface area contributed by atoms with Gasteiger partial charge in [0.15, 0.2) is 0 Å². The first-order chi connectivity index (χ1) is 13.9. The van der Waals surface area contributed by atoms with Gasteiger partial charge in [0.2, 0.25) is 5.91 Å². The fourth-order valence-corrected chi connectivity index (χ4v) is 5.34. The zero-order valence-electron chi connectivity index (χ0n) is 16.8. The Morgan fingerprint density at radius 3 is 2.86 bits per heavy atom. The molecular weight excluding hydrogens is 408 g/mol. The molecular formula is C22H27ClN2O3S. The van der Waals surface area contributed by atoms with Gasteiger partial charge in [0.05, 0.1) is 12.2 Å². The van der Waals surface area contributed by atoms with Gasteiger partial charge in [-0.2, -0.15) is 0 Å². The Kier molecular flexibility index (Phi) is 7.19. The number of carbonyl (C=O) groups excluding carboxylic acids is 2. The number of hydrogen-bond acceptors (Lipinski definition) is 4. The maximum absolute atomic E-state index is 12.4. The molecule has 1 aliphatic rings. The maximum Gasteiger partial charge on any atom is 0.251 e. The van der Waals surface area contributed by atoms with Crippen LogP contribution in [0.1, 0.15) is 59.0 Å². The van der Waals surface area contributed by atoms with Gasteiger partial charge in [-0.15, -0.1) is 11.3 Å². The Hall–Kier alpha value is -2.05. The lowest BCUT2D eigenvalue weighted by Gasteiger charge is -2.20. The average Bonchev–Trinajstić information content (AvgIpc) is 3.03. The molecule has 3 N–H and O–H groups in total. The van der Waals surface area contributed by atoms with Crippen molar-refractivity contribution in [3.63, 3.8) is 0 Å². The topological polar surface area (TPSA) is 81.4 Å². The van der Waals surface area contributed by atoms with Gasteiger partial charge in [0.1, 0.15) is 10.8 Å². The van der Waals surface area contributed by atoms with Crippen molar-refractivity contribution in [1.82, 2.24) is 0 Å². The van der Waals surface area contributed by atoms with Gasteiger partial charge < -0.3 is 15.8 Å². The summed E-state index contributed by atoms with van der Waals surface area (Å²) in [6, 6.07) is 5.46. The SMILES string of the molecule is CC[C@H]1CCc2c(sc(NC(=O)CCCOc3ccc(Cl)cc3C)c2C(N)=O)C1. The first kappa shape index (κ1) is 21.7. The number of halogens is 1. The van der Waals surface area contributed by atoms with Crippen LogP contribution in [0.3, 0.4) is 0 Å². The summed E-state index contributed by atoms with van der Waals surface area (Å²) in [6.07, 6.45) is 4.88. The molecule has 0 aliphatic heterocycles. The molecule has 0 saturated heterocycles. The van der Waals surface area contributed by atoms with Crippen LogP contribution >= 0.6 is 22.9 Å². The second-order valence-corrected chi connectivity index (χ2v) is 9.04. The van der Waals surface area contributed by atoms with E-state index in [1.807, 2.05) is 19.1 Å². The second-order valence-electron chi connectivity index (χ2n) is 7.50. The fourth-order valence-electron chi connectivity index (χ4n) is 3.73. The van der Waals surface area contributed by atoms with Crippen molar-refractivity contribution in [2.24, 2.45) is 11.7 Å². The molecule has 1 aromatic carbocycles. The molecule has 5 nitrogen and oxygen atoms in total. The molecule has 156 valence electrons. The van der Waals surface area contributed by atoms with Crippen molar-refractivity contribution in [3.8, 4) is 5.75 Å². The summed E-state index contributed by atoms with van der Waals surface area (Å²) in [4.78, 5) is 25.6. The van der Waals surface area contributed by atoms with Crippen LogP contribution in [0, 0.1) is 12.8 Å². The minimum absolute atomic E-state index is 0.130. The lowest BCUT2D eigenvalue weighted by Crippen LogP contribution is -2.20. The Labute approximate surface area is 180 Å². The van der Waals surface area contributed by atoms with Crippen LogP contribution < -0.4 is 15.8 Å². The van der Waals surface area contributed by atoms with E-state index in [9.17, 15) is 9.59 Å². The van der Waals surface area contributed by atoms with Crippen LogP contribution in [-0.2, 0) is 17.6 Å². The lowest BCUT2D eigenvalue weighted by molar-refractivity contribution is -0.116. The van der Waals surface area contributed by atoms with E-state index < -0.39 is 5.91 Å². The largest absolute Gasteiger partial charge is 0.493 e. The summed E-state index contributed by atoms with van der Waals surface area (Å²) >= 11 is 7.45. The Morgan fingerprint density at radius 2 is 2.17 bits per heavy atom. The molecule has 7 heteroatoms. The van der Waals surface area contributed by atoms with Crippen LogP contribution in [0.4, 0.5) is 5.00 Å². The second kappa shape index (κ2) is 9.63. The van der Waals surface area contributed by atoms with Crippen molar-refractivity contribution < 1.29 is 14.3 Å². The van der Waals surface area contributed by atoms with Gasteiger partial charge in [-0.05, 0) is 67.9 Å². The molecule has 1 atom stereocenters. The normalized spacial score (nSPS) is 15.6. The number of ether oxygens (including phenoxy) is 1. The molecule has 29 heavy (non-hydrogen) atoms. The number of fused-ring (bicyclic) bond motifs is 1. The molecule has 0 spiro atoms. The fraction of sp³-hybridized carbons (Fsp3) is 0.455. The Morgan fingerprint density at radius 1 is 1.38 bits per heavy atom. The number of hydrogen-bond donors (Lipinski definition) is 2. The maximum atomic E-state index is 12.4. The van der Waals surface area contributed by atoms with E-state index >= 15 is 0 Å². The minimum Gasteiger partial charge on any atom is -0.493 e. The molecule has 3 rings (SSSR count). The number of benzene rings is 1. The smallest absolute Gasteiger partial charge is 0.251 e. The molecule has 0 unspecified atom stereocenters. The summed E-state index contributed by atoms with van der Waals surface area (Å²) in [5, 5.41) is 4.17. The number of anilines is 1. The number of primary amides is 1. The van der Waals surface area contributed by atoms with Crippen molar-refractivity contribution in [1.29, 1.82) is 0 Å². The third-order valence-electron chi connectivity index (χ3n) is 5.39. The number of aryl methyl sites for hydroxylation is 1.